The van der Waals surface area contributed by atoms with E-state index in [0.29, 0.717) is 19.1 Å². The van der Waals surface area contributed by atoms with Gasteiger partial charge in [-0.05, 0) is 31.5 Å². The molecule has 0 aromatic heterocycles. The molecule has 1 aliphatic rings. The number of ether oxygens (including phenoxy) is 1. The summed E-state index contributed by atoms with van der Waals surface area (Å²) >= 11 is 0. The zero-order chi connectivity index (χ0) is 17.5. The summed E-state index contributed by atoms with van der Waals surface area (Å²) in [6, 6.07) is 18.7. The molecule has 1 saturated heterocycles. The van der Waals surface area contributed by atoms with Crippen molar-refractivity contribution >= 4 is 5.91 Å². The Morgan fingerprint density at radius 3 is 2.48 bits per heavy atom. The van der Waals surface area contributed by atoms with Crippen LogP contribution in [0.25, 0.3) is 11.1 Å². The number of para-hydroxylation sites is 1. The molecule has 1 heterocycles. The second kappa shape index (κ2) is 8.67. The highest BCUT2D eigenvalue weighted by atomic mass is 16.5. The molecule has 0 bridgehead atoms. The predicted molar refractivity (Wildman–Crippen MR) is 101 cm³/mol. The second-order valence-corrected chi connectivity index (χ2v) is 6.40. The number of rotatable bonds is 6. The van der Waals surface area contributed by atoms with Crippen molar-refractivity contribution in [2.24, 2.45) is 0 Å². The number of benzene rings is 2. The predicted octanol–water partition coefficient (Wildman–Crippen LogP) is 3.33. The fourth-order valence-electron chi connectivity index (χ4n) is 3.27. The first kappa shape index (κ1) is 17.5. The summed E-state index contributed by atoms with van der Waals surface area (Å²) in [4.78, 5) is 14.3. The van der Waals surface area contributed by atoms with E-state index in [1.54, 1.807) is 0 Å². The van der Waals surface area contributed by atoms with Crippen LogP contribution in [0.1, 0.15) is 19.3 Å². The number of carbonyl (C=O) groups excluding carboxylic acids is 1. The second-order valence-electron chi connectivity index (χ2n) is 6.40. The summed E-state index contributed by atoms with van der Waals surface area (Å²) in [7, 11) is 1.99. The molecule has 4 nitrogen and oxygen atoms in total. The van der Waals surface area contributed by atoms with Crippen molar-refractivity contribution in [3.63, 3.8) is 0 Å². The van der Waals surface area contributed by atoms with Crippen molar-refractivity contribution in [2.75, 3.05) is 26.7 Å². The van der Waals surface area contributed by atoms with Gasteiger partial charge in [-0.25, -0.2) is 0 Å². The molecule has 0 radical (unpaired) electrons. The molecule has 0 spiro atoms. The molecule has 1 aliphatic heterocycles. The molecule has 2 aromatic rings. The van der Waals surface area contributed by atoms with Gasteiger partial charge in [0.1, 0.15) is 5.75 Å². The van der Waals surface area contributed by atoms with Crippen LogP contribution < -0.4 is 10.1 Å². The highest BCUT2D eigenvalue weighted by molar-refractivity contribution is 5.76. The maximum atomic E-state index is 12.4. The summed E-state index contributed by atoms with van der Waals surface area (Å²) in [5.41, 5.74) is 2.18. The number of hydrogen-bond donors (Lipinski definition) is 1. The Morgan fingerprint density at radius 1 is 1.08 bits per heavy atom. The van der Waals surface area contributed by atoms with E-state index >= 15 is 0 Å². The SMILES string of the molecule is CNC1CCN(C(=O)CCOc2ccccc2-c2ccccc2)CC1. The third-order valence-electron chi connectivity index (χ3n) is 4.80. The van der Waals surface area contributed by atoms with Crippen LogP contribution in [-0.4, -0.2) is 43.6 Å². The van der Waals surface area contributed by atoms with E-state index in [-0.39, 0.29) is 5.91 Å². The van der Waals surface area contributed by atoms with E-state index in [4.69, 9.17) is 4.74 Å². The van der Waals surface area contributed by atoms with Gasteiger partial charge in [-0.2, -0.15) is 0 Å². The molecule has 1 amide bonds. The van der Waals surface area contributed by atoms with Crippen LogP contribution in [0.4, 0.5) is 0 Å². The number of carbonyl (C=O) groups is 1. The topological polar surface area (TPSA) is 41.6 Å². The van der Waals surface area contributed by atoms with Crippen LogP contribution in [0.3, 0.4) is 0 Å². The fourth-order valence-corrected chi connectivity index (χ4v) is 3.27. The minimum absolute atomic E-state index is 0.187. The van der Waals surface area contributed by atoms with Crippen LogP contribution in [0.15, 0.2) is 54.6 Å². The third-order valence-corrected chi connectivity index (χ3v) is 4.80. The van der Waals surface area contributed by atoms with E-state index in [1.807, 2.05) is 48.3 Å². The first-order valence-electron chi connectivity index (χ1n) is 9.00. The summed E-state index contributed by atoms with van der Waals surface area (Å²) in [6.45, 7) is 2.09. The molecular weight excluding hydrogens is 312 g/mol. The maximum absolute atomic E-state index is 12.4. The van der Waals surface area contributed by atoms with Crippen molar-refractivity contribution in [1.82, 2.24) is 10.2 Å². The van der Waals surface area contributed by atoms with Crippen LogP contribution >= 0.6 is 0 Å². The normalized spacial score (nSPS) is 15.2. The Labute approximate surface area is 149 Å². The molecule has 3 rings (SSSR count). The Bertz CT molecular complexity index is 679. The molecule has 1 fully saturated rings. The van der Waals surface area contributed by atoms with Crippen molar-refractivity contribution in [2.45, 2.75) is 25.3 Å². The number of amides is 1. The zero-order valence-electron chi connectivity index (χ0n) is 14.8. The highest BCUT2D eigenvalue weighted by Gasteiger charge is 2.21. The van der Waals surface area contributed by atoms with Gasteiger partial charge in [-0.15, -0.1) is 0 Å². The van der Waals surface area contributed by atoms with Crippen LogP contribution in [0, 0.1) is 0 Å². The van der Waals surface area contributed by atoms with Gasteiger partial charge in [0, 0.05) is 24.7 Å². The monoisotopic (exact) mass is 338 g/mol. The first-order valence-corrected chi connectivity index (χ1v) is 9.00. The van der Waals surface area contributed by atoms with E-state index < -0.39 is 0 Å². The zero-order valence-corrected chi connectivity index (χ0v) is 14.8. The highest BCUT2D eigenvalue weighted by Crippen LogP contribution is 2.29. The van der Waals surface area contributed by atoms with E-state index in [9.17, 15) is 4.79 Å². The summed E-state index contributed by atoms with van der Waals surface area (Å²) in [6.07, 6.45) is 2.48. The molecule has 2 aromatic carbocycles. The molecule has 0 atom stereocenters. The van der Waals surface area contributed by atoms with E-state index in [2.05, 4.69) is 23.5 Å². The number of piperidine rings is 1. The van der Waals surface area contributed by atoms with Gasteiger partial charge in [0.2, 0.25) is 5.91 Å². The lowest BCUT2D eigenvalue weighted by atomic mass is 10.0. The first-order chi connectivity index (χ1) is 12.3. The largest absolute Gasteiger partial charge is 0.492 e. The molecule has 0 saturated carbocycles. The van der Waals surface area contributed by atoms with Gasteiger partial charge < -0.3 is 15.0 Å². The summed E-state index contributed by atoms with van der Waals surface area (Å²) in [5, 5.41) is 3.29. The number of nitrogens with zero attached hydrogens (tertiary/aromatic N) is 1. The molecule has 1 N–H and O–H groups in total. The van der Waals surface area contributed by atoms with Crippen LogP contribution in [-0.2, 0) is 4.79 Å². The van der Waals surface area contributed by atoms with Crippen molar-refractivity contribution in [1.29, 1.82) is 0 Å². The van der Waals surface area contributed by atoms with Crippen LogP contribution in [0.2, 0.25) is 0 Å². The Balaban J connectivity index is 1.54. The summed E-state index contributed by atoms with van der Waals surface area (Å²) < 4.78 is 5.94. The molecule has 0 aliphatic carbocycles. The smallest absolute Gasteiger partial charge is 0.225 e. The average Bonchev–Trinajstić information content (AvgIpc) is 2.69. The van der Waals surface area contributed by atoms with Gasteiger partial charge in [-0.1, -0.05) is 48.5 Å². The Hall–Kier alpha value is -2.33. The lowest BCUT2D eigenvalue weighted by Crippen LogP contribution is -2.44. The molecule has 0 unspecified atom stereocenters. The minimum Gasteiger partial charge on any atom is -0.492 e. The van der Waals surface area contributed by atoms with Gasteiger partial charge in [0.25, 0.3) is 0 Å². The standard InChI is InChI=1S/C21H26N2O2/c1-22-18-11-14-23(15-12-18)21(24)13-16-25-20-10-6-5-9-19(20)17-7-3-2-4-8-17/h2-10,18,22H,11-16H2,1H3. The van der Waals surface area contributed by atoms with E-state index in [1.165, 1.54) is 0 Å². The molecule has 4 heteroatoms. The Kier molecular flexibility index (Phi) is 6.07. The lowest BCUT2D eigenvalue weighted by molar-refractivity contribution is -0.132. The number of nitrogens with one attached hydrogen (secondary N) is 1. The lowest BCUT2D eigenvalue weighted by Gasteiger charge is -2.31. The van der Waals surface area contributed by atoms with Gasteiger partial charge in [-0.3, -0.25) is 4.79 Å². The maximum Gasteiger partial charge on any atom is 0.225 e. The van der Waals surface area contributed by atoms with Gasteiger partial charge in [0.15, 0.2) is 0 Å². The number of hydrogen-bond acceptors (Lipinski definition) is 3. The third kappa shape index (κ3) is 4.60. The van der Waals surface area contributed by atoms with Crippen molar-refractivity contribution < 1.29 is 9.53 Å². The quantitative estimate of drug-likeness (QED) is 0.878. The number of likely N-dealkylation sites (tertiary alicyclic amines) is 1. The summed E-state index contributed by atoms with van der Waals surface area (Å²) in [5.74, 6) is 1.02. The van der Waals surface area contributed by atoms with Crippen molar-refractivity contribution in [3.8, 4) is 16.9 Å². The molecule has 132 valence electrons. The minimum atomic E-state index is 0.187. The van der Waals surface area contributed by atoms with Crippen LogP contribution in [0.5, 0.6) is 5.75 Å². The Morgan fingerprint density at radius 2 is 1.76 bits per heavy atom. The van der Waals surface area contributed by atoms with Gasteiger partial charge >= 0.3 is 0 Å². The van der Waals surface area contributed by atoms with E-state index in [0.717, 1.165) is 42.8 Å². The fraction of sp³-hybridized carbons (Fsp3) is 0.381. The van der Waals surface area contributed by atoms with Crippen molar-refractivity contribution in [3.05, 3.63) is 54.6 Å². The average molecular weight is 338 g/mol. The molecular formula is C21H26N2O2. The molecule has 25 heavy (non-hydrogen) atoms. The van der Waals surface area contributed by atoms with Gasteiger partial charge in [0.05, 0.1) is 13.0 Å².